The van der Waals surface area contributed by atoms with Gasteiger partial charge in [0.05, 0.1) is 4.90 Å². The van der Waals surface area contributed by atoms with Crippen LogP contribution in [0, 0.1) is 19.7 Å². The number of nitrogens with zero attached hydrogens (tertiary/aromatic N) is 1. The Bertz CT molecular complexity index is 937. The summed E-state index contributed by atoms with van der Waals surface area (Å²) in [4.78, 5) is 0.299. The van der Waals surface area contributed by atoms with Crippen molar-refractivity contribution in [3.63, 3.8) is 0 Å². The summed E-state index contributed by atoms with van der Waals surface area (Å²) in [7, 11) is -3.57. The molecule has 0 atom stereocenters. The van der Waals surface area contributed by atoms with Gasteiger partial charge < -0.3 is 0 Å². The van der Waals surface area contributed by atoms with Crippen LogP contribution in [0.2, 0.25) is 5.02 Å². The van der Waals surface area contributed by atoms with Crippen molar-refractivity contribution < 1.29 is 12.8 Å². The molecule has 25 heavy (non-hydrogen) atoms. The van der Waals surface area contributed by atoms with Crippen LogP contribution in [0.4, 0.5) is 4.39 Å². The highest BCUT2D eigenvalue weighted by Crippen LogP contribution is 2.29. The van der Waals surface area contributed by atoms with Crippen LogP contribution in [-0.2, 0) is 10.0 Å². The SMILES string of the molecule is Cc1cc(S(=O)(=O)N2CC=C(c3ccc(F)cc3)CC2)c(C)cc1Cl. The van der Waals surface area contributed by atoms with Crippen LogP contribution in [-0.4, -0.2) is 25.8 Å². The third kappa shape index (κ3) is 3.64. The van der Waals surface area contributed by atoms with Gasteiger partial charge in [-0.05, 0) is 66.8 Å². The van der Waals surface area contributed by atoms with Crippen LogP contribution < -0.4 is 0 Å². The first-order valence-corrected chi connectivity index (χ1v) is 9.83. The van der Waals surface area contributed by atoms with Gasteiger partial charge >= 0.3 is 0 Å². The summed E-state index contributed by atoms with van der Waals surface area (Å²) in [6.07, 6.45) is 2.49. The Morgan fingerprint density at radius 2 is 1.76 bits per heavy atom. The number of halogens is 2. The van der Waals surface area contributed by atoms with E-state index in [1.165, 1.54) is 16.4 Å². The van der Waals surface area contributed by atoms with Crippen LogP contribution >= 0.6 is 11.6 Å². The highest BCUT2D eigenvalue weighted by Gasteiger charge is 2.28. The van der Waals surface area contributed by atoms with Gasteiger partial charge in [-0.1, -0.05) is 29.8 Å². The topological polar surface area (TPSA) is 37.4 Å². The molecule has 132 valence electrons. The summed E-state index contributed by atoms with van der Waals surface area (Å²) >= 11 is 6.08. The number of sulfonamides is 1. The molecule has 2 aromatic carbocycles. The van der Waals surface area contributed by atoms with Crippen LogP contribution in [0.3, 0.4) is 0 Å². The van der Waals surface area contributed by atoms with Crippen molar-refractivity contribution >= 4 is 27.2 Å². The molecule has 0 amide bonds. The summed E-state index contributed by atoms with van der Waals surface area (Å²) in [6.45, 7) is 4.24. The van der Waals surface area contributed by atoms with Crippen molar-refractivity contribution in [1.82, 2.24) is 4.31 Å². The maximum Gasteiger partial charge on any atom is 0.243 e. The molecule has 0 radical (unpaired) electrons. The lowest BCUT2D eigenvalue weighted by molar-refractivity contribution is 0.441. The maximum atomic E-state index is 13.0. The Hall–Kier alpha value is -1.69. The van der Waals surface area contributed by atoms with E-state index in [1.807, 2.05) is 6.08 Å². The third-order valence-corrected chi connectivity index (χ3v) is 6.88. The summed E-state index contributed by atoms with van der Waals surface area (Å²) in [5.41, 5.74) is 3.35. The van der Waals surface area contributed by atoms with E-state index in [0.717, 1.165) is 16.7 Å². The number of benzene rings is 2. The van der Waals surface area contributed by atoms with Gasteiger partial charge in [-0.25, -0.2) is 12.8 Å². The molecule has 1 heterocycles. The zero-order valence-corrected chi connectivity index (χ0v) is 15.7. The molecule has 6 heteroatoms. The van der Waals surface area contributed by atoms with Gasteiger partial charge in [-0.3, -0.25) is 0 Å². The lowest BCUT2D eigenvalue weighted by Gasteiger charge is -2.27. The lowest BCUT2D eigenvalue weighted by Crippen LogP contribution is -2.35. The molecule has 0 spiro atoms. The van der Waals surface area contributed by atoms with Crippen molar-refractivity contribution in [2.45, 2.75) is 25.2 Å². The van der Waals surface area contributed by atoms with Crippen molar-refractivity contribution in [2.75, 3.05) is 13.1 Å². The normalized spacial score (nSPS) is 15.9. The third-order valence-electron chi connectivity index (χ3n) is 4.46. The minimum Gasteiger partial charge on any atom is -0.207 e. The van der Waals surface area contributed by atoms with E-state index in [4.69, 9.17) is 11.6 Å². The van der Waals surface area contributed by atoms with Crippen molar-refractivity contribution in [2.24, 2.45) is 0 Å². The smallest absolute Gasteiger partial charge is 0.207 e. The van der Waals surface area contributed by atoms with Crippen LogP contribution in [0.25, 0.3) is 5.57 Å². The van der Waals surface area contributed by atoms with Crippen molar-refractivity contribution in [1.29, 1.82) is 0 Å². The Morgan fingerprint density at radius 3 is 2.36 bits per heavy atom. The van der Waals surface area contributed by atoms with Gasteiger partial charge in [-0.2, -0.15) is 4.31 Å². The molecule has 0 aliphatic carbocycles. The molecule has 0 unspecified atom stereocenters. The molecule has 3 rings (SSSR count). The fourth-order valence-corrected chi connectivity index (χ4v) is 4.86. The van der Waals surface area contributed by atoms with E-state index in [-0.39, 0.29) is 5.82 Å². The van der Waals surface area contributed by atoms with Crippen LogP contribution in [0.15, 0.2) is 47.4 Å². The quantitative estimate of drug-likeness (QED) is 0.783. The minimum atomic E-state index is -3.57. The molecule has 0 saturated carbocycles. The van der Waals surface area contributed by atoms with E-state index in [9.17, 15) is 12.8 Å². The Balaban J connectivity index is 1.86. The molecule has 0 fully saturated rings. The summed E-state index contributed by atoms with van der Waals surface area (Å²) in [6, 6.07) is 9.59. The first-order valence-electron chi connectivity index (χ1n) is 8.01. The van der Waals surface area contributed by atoms with Gasteiger partial charge in [0.2, 0.25) is 10.0 Å². The van der Waals surface area contributed by atoms with Gasteiger partial charge in [-0.15, -0.1) is 0 Å². The largest absolute Gasteiger partial charge is 0.243 e. The molecule has 0 bridgehead atoms. The maximum absolute atomic E-state index is 13.0. The monoisotopic (exact) mass is 379 g/mol. The van der Waals surface area contributed by atoms with Crippen LogP contribution in [0.5, 0.6) is 0 Å². The Kier molecular flexibility index (Phi) is 5.00. The minimum absolute atomic E-state index is 0.280. The average molecular weight is 380 g/mol. The summed E-state index contributed by atoms with van der Waals surface area (Å²) < 4.78 is 40.4. The Morgan fingerprint density at radius 1 is 1.08 bits per heavy atom. The number of hydrogen-bond acceptors (Lipinski definition) is 2. The number of aryl methyl sites for hydroxylation is 2. The molecule has 1 aliphatic rings. The number of hydrogen-bond donors (Lipinski definition) is 0. The predicted molar refractivity (Wildman–Crippen MR) is 98.7 cm³/mol. The van der Waals surface area contributed by atoms with E-state index in [1.54, 1.807) is 38.1 Å². The standard InChI is InChI=1S/C19H19ClFNO2S/c1-13-12-19(14(2)11-18(13)20)25(23,24)22-9-7-16(8-10-22)15-3-5-17(21)6-4-15/h3-7,11-12H,8-10H2,1-2H3. The number of rotatable bonds is 3. The average Bonchev–Trinajstić information content (AvgIpc) is 2.59. The van der Waals surface area contributed by atoms with E-state index < -0.39 is 10.0 Å². The fourth-order valence-electron chi connectivity index (χ4n) is 2.97. The lowest BCUT2D eigenvalue weighted by atomic mass is 10.0. The second kappa shape index (κ2) is 6.90. The second-order valence-electron chi connectivity index (χ2n) is 6.22. The fraction of sp³-hybridized carbons (Fsp3) is 0.263. The van der Waals surface area contributed by atoms with Gasteiger partial charge in [0, 0.05) is 18.1 Å². The van der Waals surface area contributed by atoms with Gasteiger partial charge in [0.25, 0.3) is 0 Å². The molecule has 0 saturated heterocycles. The molecule has 3 nitrogen and oxygen atoms in total. The molecule has 1 aliphatic heterocycles. The zero-order valence-electron chi connectivity index (χ0n) is 14.1. The van der Waals surface area contributed by atoms with E-state index >= 15 is 0 Å². The molecular weight excluding hydrogens is 361 g/mol. The van der Waals surface area contributed by atoms with Crippen molar-refractivity contribution in [3.05, 3.63) is 70.0 Å². The van der Waals surface area contributed by atoms with Crippen LogP contribution in [0.1, 0.15) is 23.1 Å². The molecular formula is C19H19ClFNO2S. The van der Waals surface area contributed by atoms with E-state index in [0.29, 0.717) is 35.0 Å². The highest BCUT2D eigenvalue weighted by molar-refractivity contribution is 7.89. The van der Waals surface area contributed by atoms with Gasteiger partial charge in [0.15, 0.2) is 0 Å². The van der Waals surface area contributed by atoms with Gasteiger partial charge in [0.1, 0.15) is 5.82 Å². The molecule has 0 N–H and O–H groups in total. The first kappa shape index (κ1) is 18.1. The molecule has 0 aromatic heterocycles. The zero-order chi connectivity index (χ0) is 18.2. The first-order chi connectivity index (χ1) is 11.8. The summed E-state index contributed by atoms with van der Waals surface area (Å²) in [5, 5.41) is 0.564. The predicted octanol–water partition coefficient (Wildman–Crippen LogP) is 4.57. The second-order valence-corrected chi connectivity index (χ2v) is 8.53. The highest BCUT2D eigenvalue weighted by atomic mass is 35.5. The summed E-state index contributed by atoms with van der Waals surface area (Å²) in [5.74, 6) is -0.280. The Labute approximate surface area is 152 Å². The molecule has 2 aromatic rings. The van der Waals surface area contributed by atoms with Crippen molar-refractivity contribution in [3.8, 4) is 0 Å². The van der Waals surface area contributed by atoms with E-state index in [2.05, 4.69) is 0 Å².